The third-order valence-corrected chi connectivity index (χ3v) is 22.1. The van der Waals surface area contributed by atoms with Crippen LogP contribution in [-0.4, -0.2) is 40.6 Å². The Labute approximate surface area is 231 Å². The van der Waals surface area contributed by atoms with Crippen LogP contribution in [0.2, 0.25) is 36.3 Å². The molecule has 0 aliphatic heterocycles. The zero-order chi connectivity index (χ0) is 27.8. The number of aliphatic hydroxyl groups excluding tert-OH is 1. The van der Waals surface area contributed by atoms with Crippen LogP contribution in [0.4, 0.5) is 0 Å². The topological polar surface area (TPSA) is 38.7 Å². The van der Waals surface area contributed by atoms with E-state index in [4.69, 9.17) is 8.85 Å². The van der Waals surface area contributed by atoms with Gasteiger partial charge in [-0.1, -0.05) is 67.0 Å². The van der Waals surface area contributed by atoms with Gasteiger partial charge >= 0.3 is 0 Å². The van der Waals surface area contributed by atoms with E-state index in [9.17, 15) is 5.11 Å². The molecule has 0 spiro atoms. The largest absolute Gasteiger partial charge is 0.414 e. The Morgan fingerprint density at radius 2 is 1.49 bits per heavy atom. The molecule has 0 heterocycles. The van der Waals surface area contributed by atoms with Crippen LogP contribution in [0.1, 0.15) is 100 Å². The van der Waals surface area contributed by atoms with E-state index in [2.05, 4.69) is 87.7 Å². The Balaban J connectivity index is 1.71. The number of hydrogen-bond acceptors (Lipinski definition) is 3. The lowest BCUT2D eigenvalue weighted by Gasteiger charge is -2.61. The molecule has 0 aromatic rings. The van der Waals surface area contributed by atoms with Gasteiger partial charge in [0.15, 0.2) is 16.6 Å². The highest BCUT2D eigenvalue weighted by Gasteiger charge is 2.62. The van der Waals surface area contributed by atoms with E-state index in [-0.39, 0.29) is 27.7 Å². The van der Waals surface area contributed by atoms with Crippen LogP contribution in [0.25, 0.3) is 0 Å². The molecule has 5 heteroatoms. The molecular formula is C32H60O3Si2. The van der Waals surface area contributed by atoms with Gasteiger partial charge in [-0.3, -0.25) is 0 Å². The van der Waals surface area contributed by atoms with Crippen LogP contribution >= 0.6 is 0 Å². The van der Waals surface area contributed by atoms with Crippen molar-refractivity contribution in [2.45, 2.75) is 149 Å². The first-order chi connectivity index (χ1) is 16.8. The lowest BCUT2D eigenvalue weighted by atomic mass is 9.47. The summed E-state index contributed by atoms with van der Waals surface area (Å²) in [5.74, 6) is 2.65. The maximum absolute atomic E-state index is 10.2. The average Bonchev–Trinajstić information content (AvgIpc) is 3.09. The SMILES string of the molecule is CC(C)(C)[Si](C)(C)O[C@@H]1CC2=CC[C@H]3[C@@H]4CC[C@H](CO)[C@@]4(C)CC[C@@H]3[C@@]2(C)[C@@H](O[Si](C)(C)C(C)(C)C)C1. The number of fused-ring (bicyclic) bond motifs is 5. The van der Waals surface area contributed by atoms with Crippen LogP contribution in [0.3, 0.4) is 0 Å². The van der Waals surface area contributed by atoms with Crippen molar-refractivity contribution in [3.63, 3.8) is 0 Å². The van der Waals surface area contributed by atoms with Gasteiger partial charge in [-0.05, 0) is 110 Å². The predicted octanol–water partition coefficient (Wildman–Crippen LogP) is 8.95. The fraction of sp³-hybridized carbons (Fsp3) is 0.938. The minimum absolute atomic E-state index is 0.102. The van der Waals surface area contributed by atoms with Gasteiger partial charge in [0.05, 0.1) is 12.2 Å². The first-order valence-electron chi connectivity index (χ1n) is 15.4. The van der Waals surface area contributed by atoms with Gasteiger partial charge in [-0.2, -0.15) is 0 Å². The van der Waals surface area contributed by atoms with Gasteiger partial charge in [0.1, 0.15) is 0 Å². The maximum Gasteiger partial charge on any atom is 0.192 e. The lowest BCUT2D eigenvalue weighted by molar-refractivity contribution is -0.101. The summed E-state index contributed by atoms with van der Waals surface area (Å²) in [5, 5.41) is 10.6. The Morgan fingerprint density at radius 1 is 0.892 bits per heavy atom. The summed E-state index contributed by atoms with van der Waals surface area (Å²) in [7, 11) is -3.83. The van der Waals surface area contributed by atoms with Gasteiger partial charge in [0, 0.05) is 12.0 Å². The highest BCUT2D eigenvalue weighted by Crippen LogP contribution is 2.67. The second-order valence-electron chi connectivity index (χ2n) is 16.9. The number of rotatable bonds is 5. The molecule has 0 radical (unpaired) electrons. The molecule has 0 amide bonds. The molecule has 0 aromatic carbocycles. The third kappa shape index (κ3) is 4.93. The van der Waals surface area contributed by atoms with Gasteiger partial charge < -0.3 is 14.0 Å². The first-order valence-corrected chi connectivity index (χ1v) is 21.3. The normalized spacial score (nSPS) is 41.1. The van der Waals surface area contributed by atoms with Crippen molar-refractivity contribution in [1.82, 2.24) is 0 Å². The molecule has 0 aromatic heterocycles. The lowest BCUT2D eigenvalue weighted by Crippen LogP contribution is -2.60. The van der Waals surface area contributed by atoms with Crippen LogP contribution in [-0.2, 0) is 8.85 Å². The molecule has 8 atom stereocenters. The van der Waals surface area contributed by atoms with E-state index in [0.29, 0.717) is 23.9 Å². The van der Waals surface area contributed by atoms with Gasteiger partial charge in [0.2, 0.25) is 0 Å². The Kier molecular flexibility index (Phi) is 7.76. The molecule has 0 bridgehead atoms. The zero-order valence-electron chi connectivity index (χ0n) is 26.5. The summed E-state index contributed by atoms with van der Waals surface area (Å²) in [6.07, 6.45) is 11.6. The van der Waals surface area contributed by atoms with E-state index in [0.717, 1.165) is 24.7 Å². The molecule has 0 saturated heterocycles. The minimum atomic E-state index is -1.96. The zero-order valence-corrected chi connectivity index (χ0v) is 28.5. The Bertz CT molecular complexity index is 881. The average molecular weight is 549 g/mol. The van der Waals surface area contributed by atoms with Crippen molar-refractivity contribution < 1.29 is 14.0 Å². The highest BCUT2D eigenvalue weighted by molar-refractivity contribution is 6.74. The molecule has 3 fully saturated rings. The van der Waals surface area contributed by atoms with E-state index in [1.165, 1.54) is 32.1 Å². The Hall–Kier alpha value is 0.0538. The molecule has 4 aliphatic carbocycles. The molecule has 3 nitrogen and oxygen atoms in total. The first kappa shape index (κ1) is 30.0. The molecule has 214 valence electrons. The van der Waals surface area contributed by atoms with Crippen molar-refractivity contribution in [1.29, 1.82) is 0 Å². The fourth-order valence-electron chi connectivity index (χ4n) is 8.45. The molecule has 4 rings (SSSR count). The summed E-state index contributed by atoms with van der Waals surface area (Å²) in [6, 6.07) is 0. The van der Waals surface area contributed by atoms with E-state index < -0.39 is 16.6 Å². The third-order valence-electron chi connectivity index (χ3n) is 13.1. The summed E-state index contributed by atoms with van der Waals surface area (Å²) in [4.78, 5) is 0. The van der Waals surface area contributed by atoms with E-state index in [1.807, 2.05) is 0 Å². The number of aliphatic hydroxyl groups is 1. The summed E-state index contributed by atoms with van der Waals surface area (Å²) >= 11 is 0. The highest BCUT2D eigenvalue weighted by atomic mass is 28.4. The van der Waals surface area contributed by atoms with E-state index >= 15 is 0 Å². The van der Waals surface area contributed by atoms with Crippen molar-refractivity contribution in [3.05, 3.63) is 11.6 Å². The van der Waals surface area contributed by atoms with Crippen LogP contribution < -0.4 is 0 Å². The second-order valence-corrected chi connectivity index (χ2v) is 26.4. The Morgan fingerprint density at radius 3 is 2.05 bits per heavy atom. The quantitative estimate of drug-likeness (QED) is 0.275. The van der Waals surface area contributed by atoms with Crippen molar-refractivity contribution >= 4 is 16.6 Å². The van der Waals surface area contributed by atoms with Crippen LogP contribution in [0.5, 0.6) is 0 Å². The molecule has 0 unspecified atom stereocenters. The van der Waals surface area contributed by atoms with Crippen molar-refractivity contribution in [2.75, 3.05) is 6.61 Å². The molecular weight excluding hydrogens is 489 g/mol. The van der Waals surface area contributed by atoms with Crippen LogP contribution in [0.15, 0.2) is 11.6 Å². The van der Waals surface area contributed by atoms with Gasteiger partial charge in [-0.15, -0.1) is 0 Å². The summed E-state index contributed by atoms with van der Waals surface area (Å²) in [5.41, 5.74) is 2.06. The van der Waals surface area contributed by atoms with Gasteiger partial charge in [-0.25, -0.2) is 0 Å². The monoisotopic (exact) mass is 548 g/mol. The van der Waals surface area contributed by atoms with Crippen molar-refractivity contribution in [2.24, 2.45) is 34.5 Å². The predicted molar refractivity (Wildman–Crippen MR) is 162 cm³/mol. The van der Waals surface area contributed by atoms with Gasteiger partial charge in [0.25, 0.3) is 0 Å². The molecule has 4 aliphatic rings. The molecule has 3 saturated carbocycles. The van der Waals surface area contributed by atoms with Crippen molar-refractivity contribution in [3.8, 4) is 0 Å². The fourth-order valence-corrected chi connectivity index (χ4v) is 11.2. The maximum atomic E-state index is 10.2. The summed E-state index contributed by atoms with van der Waals surface area (Å²) in [6.45, 7) is 29.4. The standard InChI is InChI=1S/C32H60O3Si2/c1-29(2,3)36(9,10)34-24-19-22-13-15-25-26-16-14-23(21-33)31(26,7)18-17-27(25)32(22,8)28(20-24)35-37(11,12)30(4,5)6/h13,23-28,33H,14-21H2,1-12H3/t23-,24-,25+,26+,27+,28+,31-,32+/m1/s1. The molecule has 1 N–H and O–H groups in total. The smallest absolute Gasteiger partial charge is 0.192 e. The number of hydrogen-bond donors (Lipinski definition) is 1. The van der Waals surface area contributed by atoms with E-state index in [1.54, 1.807) is 5.57 Å². The second kappa shape index (κ2) is 9.57. The minimum Gasteiger partial charge on any atom is -0.414 e. The molecule has 37 heavy (non-hydrogen) atoms. The van der Waals surface area contributed by atoms with Crippen LogP contribution in [0, 0.1) is 34.5 Å². The number of allylic oxidation sites excluding steroid dienone is 1. The summed E-state index contributed by atoms with van der Waals surface area (Å²) < 4.78 is 14.6.